The van der Waals surface area contributed by atoms with Gasteiger partial charge >= 0.3 is 0 Å². The van der Waals surface area contributed by atoms with E-state index in [0.29, 0.717) is 0 Å². The van der Waals surface area contributed by atoms with Gasteiger partial charge in [0.05, 0.1) is 0 Å². The summed E-state index contributed by atoms with van der Waals surface area (Å²) in [4.78, 5) is 2.41. The second kappa shape index (κ2) is 12.3. The molecule has 8 aromatic carbocycles. The normalized spacial score (nSPS) is 12.8. The second-order valence-corrected chi connectivity index (χ2v) is 14.2. The summed E-state index contributed by atoms with van der Waals surface area (Å²) in [5, 5.41) is 2.52. The second-order valence-electron chi connectivity index (χ2n) is 14.2. The molecule has 0 radical (unpaired) electrons. The topological polar surface area (TPSA) is 3.24 Å². The minimum absolute atomic E-state index is 0.0919. The Morgan fingerprint density at radius 1 is 0.392 bits per heavy atom. The molecule has 0 aromatic heterocycles. The maximum absolute atomic E-state index is 2.41. The number of anilines is 3. The van der Waals surface area contributed by atoms with Crippen LogP contribution in [0.15, 0.2) is 182 Å². The quantitative estimate of drug-likeness (QED) is 0.173. The highest BCUT2D eigenvalue weighted by Crippen LogP contribution is 2.51. The van der Waals surface area contributed by atoms with Crippen LogP contribution >= 0.6 is 0 Å². The molecule has 1 nitrogen and oxygen atoms in total. The van der Waals surface area contributed by atoms with Crippen molar-refractivity contribution in [3.63, 3.8) is 0 Å². The summed E-state index contributed by atoms with van der Waals surface area (Å²) >= 11 is 0. The van der Waals surface area contributed by atoms with Gasteiger partial charge in [-0.1, -0.05) is 159 Å². The molecule has 8 aromatic rings. The molecule has 1 aliphatic carbocycles. The summed E-state index contributed by atoms with van der Waals surface area (Å²) in [5.74, 6) is 0. The van der Waals surface area contributed by atoms with Crippen molar-refractivity contribution in [2.45, 2.75) is 26.2 Å². The van der Waals surface area contributed by atoms with Crippen LogP contribution in [0.2, 0.25) is 0 Å². The summed E-state index contributed by atoms with van der Waals surface area (Å²) in [6.45, 7) is 6.92. The first kappa shape index (κ1) is 30.8. The molecule has 0 saturated carbocycles. The number of hydrogen-bond acceptors (Lipinski definition) is 1. The standard InChI is InChI=1S/C50H39N/c1-34-14-7-9-20-42(34)49-43-21-10-8-17-36(43)26-30-44(49)37-24-27-39(28-25-37)51(40-19-13-18-38(32-40)35-15-5-4-6-16-35)41-29-31-46-45-22-11-12-23-47(45)50(2,3)48(46)33-41/h4-33H,1-3H3. The number of aryl methyl sites for hydroxylation is 1. The molecule has 0 unspecified atom stereocenters. The molecule has 0 amide bonds. The molecule has 9 rings (SSSR count). The molecule has 1 aliphatic rings. The average molecular weight is 654 g/mol. The van der Waals surface area contributed by atoms with Crippen LogP contribution in [-0.2, 0) is 5.41 Å². The Morgan fingerprint density at radius 2 is 1.02 bits per heavy atom. The lowest BCUT2D eigenvalue weighted by Crippen LogP contribution is -2.16. The lowest BCUT2D eigenvalue weighted by Gasteiger charge is -2.28. The van der Waals surface area contributed by atoms with Crippen molar-refractivity contribution in [2.75, 3.05) is 4.90 Å². The van der Waals surface area contributed by atoms with Crippen molar-refractivity contribution < 1.29 is 0 Å². The summed E-state index contributed by atoms with van der Waals surface area (Å²) in [6, 6.07) is 66.7. The molecule has 0 bridgehead atoms. The van der Waals surface area contributed by atoms with Gasteiger partial charge in [0.25, 0.3) is 0 Å². The van der Waals surface area contributed by atoms with Gasteiger partial charge in [-0.2, -0.15) is 0 Å². The first-order chi connectivity index (χ1) is 25.0. The lowest BCUT2D eigenvalue weighted by molar-refractivity contribution is 0.660. The first-order valence-electron chi connectivity index (χ1n) is 17.9. The van der Waals surface area contributed by atoms with Gasteiger partial charge in [-0.05, 0) is 115 Å². The van der Waals surface area contributed by atoms with Gasteiger partial charge in [0, 0.05) is 22.5 Å². The molecule has 51 heavy (non-hydrogen) atoms. The zero-order valence-corrected chi connectivity index (χ0v) is 29.3. The van der Waals surface area contributed by atoms with E-state index in [1.165, 1.54) is 72.0 Å². The maximum atomic E-state index is 2.41. The summed E-state index contributed by atoms with van der Waals surface area (Å²) in [5.41, 5.74) is 17.4. The van der Waals surface area contributed by atoms with Crippen molar-refractivity contribution in [3.05, 3.63) is 199 Å². The van der Waals surface area contributed by atoms with Crippen LogP contribution in [0.4, 0.5) is 17.1 Å². The van der Waals surface area contributed by atoms with Gasteiger partial charge < -0.3 is 4.90 Å². The van der Waals surface area contributed by atoms with Crippen molar-refractivity contribution in [2.24, 2.45) is 0 Å². The fraction of sp³-hybridized carbons (Fsp3) is 0.0800. The highest BCUT2D eigenvalue weighted by molar-refractivity contribution is 6.05. The fourth-order valence-electron chi connectivity index (χ4n) is 8.18. The largest absolute Gasteiger partial charge is 0.310 e. The zero-order chi connectivity index (χ0) is 34.5. The third-order valence-electron chi connectivity index (χ3n) is 10.8. The summed E-state index contributed by atoms with van der Waals surface area (Å²) in [7, 11) is 0. The van der Waals surface area contributed by atoms with Crippen LogP contribution in [0.1, 0.15) is 30.5 Å². The fourth-order valence-corrected chi connectivity index (χ4v) is 8.18. The lowest BCUT2D eigenvalue weighted by atomic mass is 9.82. The molecule has 244 valence electrons. The van der Waals surface area contributed by atoms with E-state index in [4.69, 9.17) is 0 Å². The molecule has 0 spiro atoms. The van der Waals surface area contributed by atoms with E-state index in [2.05, 4.69) is 208 Å². The van der Waals surface area contributed by atoms with Gasteiger partial charge in [0.15, 0.2) is 0 Å². The van der Waals surface area contributed by atoms with Crippen molar-refractivity contribution in [1.29, 1.82) is 0 Å². The zero-order valence-electron chi connectivity index (χ0n) is 29.3. The SMILES string of the molecule is Cc1ccccc1-c1c(-c2ccc(N(c3cccc(-c4ccccc4)c3)c3ccc4c(c3)C(C)(C)c3ccccc3-4)cc2)ccc2ccccc12. The van der Waals surface area contributed by atoms with Crippen molar-refractivity contribution in [1.82, 2.24) is 0 Å². The Hall–Kier alpha value is -6.18. The minimum atomic E-state index is -0.0919. The van der Waals surface area contributed by atoms with E-state index < -0.39 is 0 Å². The third-order valence-corrected chi connectivity index (χ3v) is 10.8. The molecule has 0 atom stereocenters. The number of benzene rings is 8. The molecule has 0 fully saturated rings. The predicted molar refractivity (Wildman–Crippen MR) is 217 cm³/mol. The molecule has 1 heteroatoms. The number of nitrogens with zero attached hydrogens (tertiary/aromatic N) is 1. The molecule has 0 heterocycles. The summed E-state index contributed by atoms with van der Waals surface area (Å²) in [6.07, 6.45) is 0. The maximum Gasteiger partial charge on any atom is 0.0467 e. The summed E-state index contributed by atoms with van der Waals surface area (Å²) < 4.78 is 0. The van der Waals surface area contributed by atoms with E-state index >= 15 is 0 Å². The van der Waals surface area contributed by atoms with Crippen LogP contribution in [-0.4, -0.2) is 0 Å². The van der Waals surface area contributed by atoms with Crippen molar-refractivity contribution in [3.8, 4) is 44.5 Å². The van der Waals surface area contributed by atoms with E-state index in [9.17, 15) is 0 Å². The van der Waals surface area contributed by atoms with Crippen LogP contribution < -0.4 is 4.90 Å². The number of fused-ring (bicyclic) bond motifs is 4. The molecule has 0 aliphatic heterocycles. The molecule has 0 saturated heterocycles. The van der Waals surface area contributed by atoms with Gasteiger partial charge in [0.1, 0.15) is 0 Å². The average Bonchev–Trinajstić information content (AvgIpc) is 3.41. The highest BCUT2D eigenvalue weighted by atomic mass is 15.1. The van der Waals surface area contributed by atoms with Gasteiger partial charge in [0.2, 0.25) is 0 Å². The van der Waals surface area contributed by atoms with Gasteiger partial charge in [-0.15, -0.1) is 0 Å². The van der Waals surface area contributed by atoms with Gasteiger partial charge in [-0.25, -0.2) is 0 Å². The monoisotopic (exact) mass is 653 g/mol. The van der Waals surface area contributed by atoms with Crippen LogP contribution in [0.3, 0.4) is 0 Å². The smallest absolute Gasteiger partial charge is 0.0467 e. The van der Waals surface area contributed by atoms with Crippen LogP contribution in [0.5, 0.6) is 0 Å². The number of hydrogen-bond donors (Lipinski definition) is 0. The Morgan fingerprint density at radius 3 is 1.84 bits per heavy atom. The van der Waals surface area contributed by atoms with E-state index in [-0.39, 0.29) is 5.41 Å². The van der Waals surface area contributed by atoms with E-state index in [1.54, 1.807) is 0 Å². The Balaban J connectivity index is 1.20. The predicted octanol–water partition coefficient (Wildman–Crippen LogP) is 13.9. The Labute approximate surface area is 301 Å². The Bertz CT molecular complexity index is 2560. The molecule has 0 N–H and O–H groups in total. The highest BCUT2D eigenvalue weighted by Gasteiger charge is 2.35. The van der Waals surface area contributed by atoms with Crippen LogP contribution in [0.25, 0.3) is 55.3 Å². The molecular weight excluding hydrogens is 615 g/mol. The minimum Gasteiger partial charge on any atom is -0.310 e. The Kier molecular flexibility index (Phi) is 7.44. The van der Waals surface area contributed by atoms with E-state index in [0.717, 1.165) is 17.1 Å². The van der Waals surface area contributed by atoms with Crippen molar-refractivity contribution >= 4 is 27.8 Å². The third kappa shape index (κ3) is 5.25. The number of rotatable bonds is 6. The molecular formula is C50H39N. The van der Waals surface area contributed by atoms with Crippen LogP contribution in [0, 0.1) is 6.92 Å². The van der Waals surface area contributed by atoms with Gasteiger partial charge in [-0.3, -0.25) is 0 Å². The van der Waals surface area contributed by atoms with E-state index in [1.807, 2.05) is 0 Å². The first-order valence-corrected chi connectivity index (χ1v) is 17.9.